The summed E-state index contributed by atoms with van der Waals surface area (Å²) >= 11 is 0. The summed E-state index contributed by atoms with van der Waals surface area (Å²) in [5.41, 5.74) is 1.81. The van der Waals surface area contributed by atoms with Crippen LogP contribution in [0.2, 0.25) is 0 Å². The number of hydrogen-bond acceptors (Lipinski definition) is 4. The molecule has 0 unspecified atom stereocenters. The lowest BCUT2D eigenvalue weighted by molar-refractivity contribution is 0.169. The Morgan fingerprint density at radius 3 is 2.18 bits per heavy atom. The van der Waals surface area contributed by atoms with Crippen LogP contribution in [-0.4, -0.2) is 46.2 Å². The van der Waals surface area contributed by atoms with Gasteiger partial charge < -0.3 is 15.7 Å². The van der Waals surface area contributed by atoms with E-state index in [0.29, 0.717) is 6.54 Å². The lowest BCUT2D eigenvalue weighted by atomic mass is 9.79. The molecule has 0 heterocycles. The van der Waals surface area contributed by atoms with Gasteiger partial charge in [0.15, 0.2) is 5.96 Å². The van der Waals surface area contributed by atoms with Gasteiger partial charge in [0, 0.05) is 19.7 Å². The number of hydrogen-bond donors (Lipinski definition) is 4. The third kappa shape index (κ3) is 8.16. The first-order valence-corrected chi connectivity index (χ1v) is 11.6. The number of sulfonamides is 1. The standard InChI is InChI=1S/C20H36N4O3S/c1-5-20(6-2,12-13-25)16-24-19(22-7-3)23-14-17-8-10-18(11-9-17)15-28(26,27)21-4/h8-11,21,25H,5-7,12-16H2,1-4H3,(H2,22,23,24). The predicted octanol–water partition coefficient (Wildman–Crippen LogP) is 1.98. The van der Waals surface area contributed by atoms with E-state index in [9.17, 15) is 13.5 Å². The summed E-state index contributed by atoms with van der Waals surface area (Å²) in [4.78, 5) is 4.64. The molecule has 0 bridgehead atoms. The molecule has 1 aromatic rings. The second kappa shape index (κ2) is 12.0. The van der Waals surface area contributed by atoms with Crippen LogP contribution in [0.1, 0.15) is 51.2 Å². The van der Waals surface area contributed by atoms with Gasteiger partial charge in [-0.3, -0.25) is 0 Å². The van der Waals surface area contributed by atoms with Crippen LogP contribution in [0.3, 0.4) is 0 Å². The first-order valence-electron chi connectivity index (χ1n) is 9.95. The van der Waals surface area contributed by atoms with Crippen LogP contribution >= 0.6 is 0 Å². The summed E-state index contributed by atoms with van der Waals surface area (Å²) in [6.07, 6.45) is 2.75. The fourth-order valence-electron chi connectivity index (χ4n) is 2.99. The first-order chi connectivity index (χ1) is 13.3. The van der Waals surface area contributed by atoms with Gasteiger partial charge in [-0.15, -0.1) is 0 Å². The van der Waals surface area contributed by atoms with E-state index in [1.54, 1.807) is 0 Å². The largest absolute Gasteiger partial charge is 0.396 e. The topological polar surface area (TPSA) is 103 Å². The highest BCUT2D eigenvalue weighted by molar-refractivity contribution is 7.88. The molecule has 160 valence electrons. The summed E-state index contributed by atoms with van der Waals surface area (Å²) in [6.45, 7) is 8.54. The van der Waals surface area contributed by atoms with Gasteiger partial charge in [0.2, 0.25) is 10.0 Å². The Morgan fingerprint density at radius 1 is 1.07 bits per heavy atom. The van der Waals surface area contributed by atoms with Crippen LogP contribution in [0.25, 0.3) is 0 Å². The normalized spacial score (nSPS) is 12.8. The number of nitrogens with one attached hydrogen (secondary N) is 3. The minimum atomic E-state index is -3.27. The number of aliphatic imine (C=N–C) groups is 1. The highest BCUT2D eigenvalue weighted by Gasteiger charge is 2.25. The molecule has 0 saturated carbocycles. The van der Waals surface area contributed by atoms with Crippen LogP contribution in [-0.2, 0) is 22.3 Å². The molecule has 0 aliphatic heterocycles. The minimum Gasteiger partial charge on any atom is -0.396 e. The number of nitrogens with zero attached hydrogens (tertiary/aromatic N) is 1. The maximum absolute atomic E-state index is 11.6. The molecule has 8 heteroatoms. The molecule has 28 heavy (non-hydrogen) atoms. The summed E-state index contributed by atoms with van der Waals surface area (Å²) in [5, 5.41) is 16.0. The van der Waals surface area contributed by atoms with E-state index in [2.05, 4.69) is 34.2 Å². The minimum absolute atomic E-state index is 0.0295. The number of rotatable bonds is 12. The third-order valence-electron chi connectivity index (χ3n) is 5.23. The smallest absolute Gasteiger partial charge is 0.215 e. The molecule has 7 nitrogen and oxygen atoms in total. The Morgan fingerprint density at radius 2 is 1.68 bits per heavy atom. The average Bonchev–Trinajstić information content (AvgIpc) is 2.70. The molecule has 0 fully saturated rings. The molecule has 1 rings (SSSR count). The molecule has 0 radical (unpaired) electrons. The Hall–Kier alpha value is -1.64. The van der Waals surface area contributed by atoms with E-state index in [1.165, 1.54) is 7.05 Å². The van der Waals surface area contributed by atoms with Gasteiger partial charge in [-0.2, -0.15) is 0 Å². The van der Waals surface area contributed by atoms with E-state index < -0.39 is 10.0 Å². The SMILES string of the molecule is CCNC(=NCc1ccc(CS(=O)(=O)NC)cc1)NCC(CC)(CC)CCO. The number of guanidine groups is 1. The average molecular weight is 413 g/mol. The maximum atomic E-state index is 11.6. The lowest BCUT2D eigenvalue weighted by Crippen LogP contribution is -2.43. The van der Waals surface area contributed by atoms with Crippen molar-refractivity contribution in [1.82, 2.24) is 15.4 Å². The predicted molar refractivity (Wildman–Crippen MR) is 116 cm³/mol. The second-order valence-corrected chi connectivity index (χ2v) is 8.94. The Balaban J connectivity index is 2.76. The molecule has 4 N–H and O–H groups in total. The molecule has 0 amide bonds. The summed E-state index contributed by atoms with van der Waals surface area (Å²) in [5.74, 6) is 0.714. The first kappa shape index (κ1) is 24.4. The lowest BCUT2D eigenvalue weighted by Gasteiger charge is -2.32. The molecule has 0 saturated heterocycles. The Labute approximate surface area is 170 Å². The number of aliphatic hydroxyl groups excluding tert-OH is 1. The van der Waals surface area contributed by atoms with Gasteiger partial charge in [-0.25, -0.2) is 18.1 Å². The van der Waals surface area contributed by atoms with E-state index in [-0.39, 0.29) is 17.8 Å². The van der Waals surface area contributed by atoms with Gasteiger partial charge in [-0.1, -0.05) is 38.1 Å². The second-order valence-electron chi connectivity index (χ2n) is 7.01. The van der Waals surface area contributed by atoms with Gasteiger partial charge in [-0.05, 0) is 49.8 Å². The Kier molecular flexibility index (Phi) is 10.5. The summed E-state index contributed by atoms with van der Waals surface area (Å²) in [6, 6.07) is 7.45. The van der Waals surface area contributed by atoms with Gasteiger partial charge in [0.1, 0.15) is 0 Å². The van der Waals surface area contributed by atoms with Crippen molar-refractivity contribution in [2.45, 2.75) is 52.3 Å². The van der Waals surface area contributed by atoms with Crippen LogP contribution < -0.4 is 15.4 Å². The van der Waals surface area contributed by atoms with Crippen LogP contribution in [0.4, 0.5) is 0 Å². The van der Waals surface area contributed by atoms with Crippen molar-refractivity contribution in [3.05, 3.63) is 35.4 Å². The van der Waals surface area contributed by atoms with Crippen molar-refractivity contribution in [1.29, 1.82) is 0 Å². The molecule has 0 aromatic heterocycles. The van der Waals surface area contributed by atoms with Gasteiger partial charge in [0.25, 0.3) is 0 Å². The Bertz CT molecular complexity index is 699. The molecule has 0 aliphatic rings. The van der Waals surface area contributed by atoms with E-state index in [4.69, 9.17) is 0 Å². The molecule has 0 spiro atoms. The third-order valence-corrected chi connectivity index (χ3v) is 6.56. The molecule has 0 aliphatic carbocycles. The molecule has 0 atom stereocenters. The van der Waals surface area contributed by atoms with Gasteiger partial charge >= 0.3 is 0 Å². The number of benzene rings is 1. The van der Waals surface area contributed by atoms with Crippen LogP contribution in [0.5, 0.6) is 0 Å². The highest BCUT2D eigenvalue weighted by Crippen LogP contribution is 2.29. The van der Waals surface area contributed by atoms with Crippen molar-refractivity contribution < 1.29 is 13.5 Å². The molecule has 1 aromatic carbocycles. The van der Waals surface area contributed by atoms with Crippen molar-refractivity contribution in [2.75, 3.05) is 26.7 Å². The molecular weight excluding hydrogens is 376 g/mol. The quantitative estimate of drug-likeness (QED) is 0.311. The number of aliphatic hydroxyl groups is 1. The highest BCUT2D eigenvalue weighted by atomic mass is 32.2. The van der Waals surface area contributed by atoms with E-state index >= 15 is 0 Å². The van der Waals surface area contributed by atoms with Crippen LogP contribution in [0, 0.1) is 5.41 Å². The summed E-state index contributed by atoms with van der Waals surface area (Å²) < 4.78 is 25.6. The van der Waals surface area contributed by atoms with E-state index in [0.717, 1.165) is 49.4 Å². The van der Waals surface area contributed by atoms with E-state index in [1.807, 2.05) is 31.2 Å². The van der Waals surface area contributed by atoms with Gasteiger partial charge in [0.05, 0.1) is 12.3 Å². The van der Waals surface area contributed by atoms with Crippen molar-refractivity contribution in [3.8, 4) is 0 Å². The van der Waals surface area contributed by atoms with Crippen molar-refractivity contribution in [3.63, 3.8) is 0 Å². The zero-order valence-electron chi connectivity index (χ0n) is 17.6. The summed E-state index contributed by atoms with van der Waals surface area (Å²) in [7, 11) is -1.85. The monoisotopic (exact) mass is 412 g/mol. The fraction of sp³-hybridized carbons (Fsp3) is 0.650. The van der Waals surface area contributed by atoms with Crippen LogP contribution in [0.15, 0.2) is 29.3 Å². The van der Waals surface area contributed by atoms with Crippen molar-refractivity contribution >= 4 is 16.0 Å². The fourth-order valence-corrected chi connectivity index (χ4v) is 3.77. The zero-order chi connectivity index (χ0) is 21.0. The maximum Gasteiger partial charge on any atom is 0.215 e. The van der Waals surface area contributed by atoms with Crippen molar-refractivity contribution in [2.24, 2.45) is 10.4 Å². The molecular formula is C20H36N4O3S. The zero-order valence-corrected chi connectivity index (χ0v) is 18.4.